The smallest absolute Gasteiger partial charge is 0.408 e. The Hall–Kier alpha value is -3.30. The van der Waals surface area contributed by atoms with Crippen molar-refractivity contribution in [3.8, 4) is 5.75 Å². The van der Waals surface area contributed by atoms with E-state index in [1.54, 1.807) is 32.9 Å². The van der Waals surface area contributed by atoms with Gasteiger partial charge >= 0.3 is 6.09 Å². The van der Waals surface area contributed by atoms with E-state index in [1.807, 2.05) is 6.92 Å². The summed E-state index contributed by atoms with van der Waals surface area (Å²) in [4.78, 5) is 52.9. The maximum Gasteiger partial charge on any atom is 0.408 e. The molecule has 0 aliphatic heterocycles. The fraction of sp³-hybridized carbons (Fsp3) is 0.600. The van der Waals surface area contributed by atoms with E-state index >= 15 is 0 Å². The number of alkyl carbamates (subject to hydrolysis) is 1. The lowest BCUT2D eigenvalue weighted by Crippen LogP contribution is -2.58. The number of nitrogens with zero attached hydrogens (tertiary/aromatic N) is 1. The first-order valence-corrected chi connectivity index (χ1v) is 12.1. The summed E-state index contributed by atoms with van der Waals surface area (Å²) in [6, 6.07) is 3.50. The number of aromatic hydroxyl groups is 1. The SMILES string of the molecule is CCCCNC(=O)C(c1ccc(O)cc1)N(C(=O)C(CC(N)=O)NC(=O)OC(C)(C)C)C1CCC1. The first-order valence-electron chi connectivity index (χ1n) is 12.1. The fourth-order valence-corrected chi connectivity index (χ4v) is 3.79. The molecule has 0 radical (unpaired) electrons. The van der Waals surface area contributed by atoms with Gasteiger partial charge in [-0.2, -0.15) is 0 Å². The molecular formula is C25H38N4O6. The minimum absolute atomic E-state index is 0.0265. The van der Waals surface area contributed by atoms with E-state index in [4.69, 9.17) is 10.5 Å². The second-order valence-electron chi connectivity index (χ2n) is 9.84. The van der Waals surface area contributed by atoms with Crippen LogP contribution in [0.4, 0.5) is 4.79 Å². The van der Waals surface area contributed by atoms with Gasteiger partial charge in [0.15, 0.2) is 0 Å². The van der Waals surface area contributed by atoms with Crippen LogP contribution >= 0.6 is 0 Å². The summed E-state index contributed by atoms with van der Waals surface area (Å²) in [5, 5.41) is 15.1. The Balaban J connectivity index is 2.44. The highest BCUT2D eigenvalue weighted by Crippen LogP contribution is 2.34. The molecule has 35 heavy (non-hydrogen) atoms. The van der Waals surface area contributed by atoms with E-state index in [-0.39, 0.29) is 17.7 Å². The maximum atomic E-state index is 13.8. The fourth-order valence-electron chi connectivity index (χ4n) is 3.79. The largest absolute Gasteiger partial charge is 0.508 e. The van der Waals surface area contributed by atoms with Crippen molar-refractivity contribution in [2.24, 2.45) is 5.73 Å². The van der Waals surface area contributed by atoms with Gasteiger partial charge in [0, 0.05) is 12.6 Å². The van der Waals surface area contributed by atoms with E-state index in [9.17, 15) is 24.3 Å². The maximum absolute atomic E-state index is 13.8. The molecule has 5 N–H and O–H groups in total. The third-order valence-electron chi connectivity index (χ3n) is 5.68. The third kappa shape index (κ3) is 8.45. The molecule has 0 saturated heterocycles. The standard InChI is InChI=1S/C25H38N4O6/c1-5-6-14-27-22(32)21(16-10-12-18(30)13-11-16)29(17-8-7-9-17)23(33)19(15-20(26)31)28-24(34)35-25(2,3)4/h10-13,17,19,21,30H,5-9,14-15H2,1-4H3,(H2,26,31)(H,27,32)(H,28,34). The molecule has 2 rings (SSSR count). The van der Waals surface area contributed by atoms with E-state index in [0.29, 0.717) is 24.9 Å². The molecule has 10 nitrogen and oxygen atoms in total. The zero-order chi connectivity index (χ0) is 26.2. The van der Waals surface area contributed by atoms with Gasteiger partial charge in [-0.3, -0.25) is 14.4 Å². The van der Waals surface area contributed by atoms with E-state index < -0.39 is 42.0 Å². The number of rotatable bonds is 11. The van der Waals surface area contributed by atoms with Crippen LogP contribution in [-0.2, 0) is 19.1 Å². The van der Waals surface area contributed by atoms with Crippen LogP contribution in [0.15, 0.2) is 24.3 Å². The van der Waals surface area contributed by atoms with E-state index in [0.717, 1.165) is 19.3 Å². The van der Waals surface area contributed by atoms with Gasteiger partial charge in [0.1, 0.15) is 23.4 Å². The topological polar surface area (TPSA) is 151 Å². The van der Waals surface area contributed by atoms with E-state index in [2.05, 4.69) is 10.6 Å². The molecular weight excluding hydrogens is 452 g/mol. The van der Waals surface area contributed by atoms with Crippen molar-refractivity contribution >= 4 is 23.8 Å². The number of phenols is 1. The van der Waals surface area contributed by atoms with Gasteiger partial charge in [0.2, 0.25) is 17.7 Å². The number of unbranched alkanes of at least 4 members (excludes halogenated alkanes) is 1. The van der Waals surface area contributed by atoms with Gasteiger partial charge in [-0.05, 0) is 64.2 Å². The zero-order valence-corrected chi connectivity index (χ0v) is 21.0. The number of nitrogens with two attached hydrogens (primary N) is 1. The van der Waals surface area contributed by atoms with Crippen LogP contribution in [0.25, 0.3) is 0 Å². The molecule has 0 aromatic heterocycles. The highest BCUT2D eigenvalue weighted by molar-refractivity contribution is 5.94. The summed E-state index contributed by atoms with van der Waals surface area (Å²) in [6.07, 6.45) is 2.59. The van der Waals surface area contributed by atoms with Gasteiger partial charge < -0.3 is 31.1 Å². The molecule has 1 aromatic rings. The number of phenolic OH excluding ortho intramolecular Hbond substituents is 1. The Bertz CT molecular complexity index is 892. The molecule has 1 aromatic carbocycles. The molecule has 1 saturated carbocycles. The number of ether oxygens (including phenoxy) is 1. The molecule has 1 aliphatic rings. The normalized spacial score (nSPS) is 15.3. The van der Waals surface area contributed by atoms with Crippen LogP contribution in [0.2, 0.25) is 0 Å². The first kappa shape index (κ1) is 27.9. The molecule has 194 valence electrons. The summed E-state index contributed by atoms with van der Waals surface area (Å²) < 4.78 is 5.27. The lowest BCUT2D eigenvalue weighted by molar-refractivity contribution is -0.148. The van der Waals surface area contributed by atoms with Crippen LogP contribution in [-0.4, -0.2) is 58.1 Å². The second-order valence-corrected chi connectivity index (χ2v) is 9.84. The van der Waals surface area contributed by atoms with Crippen molar-refractivity contribution in [1.82, 2.24) is 15.5 Å². The predicted octanol–water partition coefficient (Wildman–Crippen LogP) is 2.50. The summed E-state index contributed by atoms with van der Waals surface area (Å²) >= 11 is 0. The summed E-state index contributed by atoms with van der Waals surface area (Å²) in [5.41, 5.74) is 5.09. The zero-order valence-electron chi connectivity index (χ0n) is 21.0. The van der Waals surface area contributed by atoms with Crippen LogP contribution in [0.5, 0.6) is 5.75 Å². The van der Waals surface area contributed by atoms with Crippen molar-refractivity contribution < 1.29 is 29.0 Å². The number of benzene rings is 1. The predicted molar refractivity (Wildman–Crippen MR) is 130 cm³/mol. The molecule has 10 heteroatoms. The van der Waals surface area contributed by atoms with Crippen molar-refractivity contribution in [1.29, 1.82) is 0 Å². The van der Waals surface area contributed by atoms with Crippen LogP contribution in [0.3, 0.4) is 0 Å². The Morgan fingerprint density at radius 2 is 1.80 bits per heavy atom. The molecule has 2 unspecified atom stereocenters. The highest BCUT2D eigenvalue weighted by atomic mass is 16.6. The monoisotopic (exact) mass is 490 g/mol. The van der Waals surface area contributed by atoms with Crippen LogP contribution in [0, 0.1) is 0 Å². The minimum Gasteiger partial charge on any atom is -0.508 e. The number of hydrogen-bond acceptors (Lipinski definition) is 6. The van der Waals surface area contributed by atoms with Gasteiger partial charge in [-0.25, -0.2) is 4.79 Å². The summed E-state index contributed by atoms with van der Waals surface area (Å²) in [6.45, 7) is 7.49. The lowest BCUT2D eigenvalue weighted by atomic mass is 9.88. The minimum atomic E-state index is -1.30. The van der Waals surface area contributed by atoms with Crippen molar-refractivity contribution in [2.45, 2.75) is 89.9 Å². The number of hydrogen-bond donors (Lipinski definition) is 4. The van der Waals surface area contributed by atoms with Gasteiger partial charge in [0.25, 0.3) is 0 Å². The van der Waals surface area contributed by atoms with Crippen molar-refractivity contribution in [3.63, 3.8) is 0 Å². The second kappa shape index (κ2) is 12.4. The molecule has 1 aliphatic carbocycles. The Kier molecular flexibility index (Phi) is 9.91. The number of primary amides is 1. The third-order valence-corrected chi connectivity index (χ3v) is 5.68. The van der Waals surface area contributed by atoms with Gasteiger partial charge in [0.05, 0.1) is 6.42 Å². The number of amides is 4. The van der Waals surface area contributed by atoms with Crippen molar-refractivity contribution in [2.75, 3.05) is 6.54 Å². The van der Waals surface area contributed by atoms with Gasteiger partial charge in [-0.15, -0.1) is 0 Å². The molecule has 2 atom stereocenters. The number of carbonyl (C=O) groups is 4. The Morgan fingerprint density at radius 3 is 2.29 bits per heavy atom. The number of nitrogens with one attached hydrogen (secondary N) is 2. The molecule has 0 spiro atoms. The summed E-state index contributed by atoms with van der Waals surface area (Å²) in [5.74, 6) is -1.72. The Morgan fingerprint density at radius 1 is 1.17 bits per heavy atom. The van der Waals surface area contributed by atoms with E-state index in [1.165, 1.54) is 17.0 Å². The highest BCUT2D eigenvalue weighted by Gasteiger charge is 2.42. The molecule has 0 heterocycles. The van der Waals surface area contributed by atoms with Crippen LogP contribution in [0.1, 0.15) is 77.8 Å². The first-order chi connectivity index (χ1) is 16.4. The molecule has 1 fully saturated rings. The average Bonchev–Trinajstić information content (AvgIpc) is 2.70. The number of carbonyl (C=O) groups excluding carboxylic acids is 4. The summed E-state index contributed by atoms with van der Waals surface area (Å²) in [7, 11) is 0. The van der Waals surface area contributed by atoms with Crippen LogP contribution < -0.4 is 16.4 Å². The molecule has 4 amide bonds. The molecule has 0 bridgehead atoms. The van der Waals surface area contributed by atoms with Crippen molar-refractivity contribution in [3.05, 3.63) is 29.8 Å². The average molecular weight is 491 g/mol. The lowest BCUT2D eigenvalue weighted by Gasteiger charge is -2.43. The quantitative estimate of drug-likeness (QED) is 0.350. The van der Waals surface area contributed by atoms with Gasteiger partial charge in [-0.1, -0.05) is 25.5 Å². The Labute approximate surface area is 206 Å².